The molecule has 2 aliphatic heterocycles. The molecule has 2 N–H and O–H groups in total. The molecule has 2 amide bonds. The number of halogens is 2. The Morgan fingerprint density at radius 3 is 2.89 bits per heavy atom. The van der Waals surface area contributed by atoms with E-state index in [0.29, 0.717) is 26.1 Å². The molecule has 37 heavy (non-hydrogen) atoms. The lowest BCUT2D eigenvalue weighted by atomic mass is 10.0. The van der Waals surface area contributed by atoms with Crippen LogP contribution >= 0.6 is 11.3 Å². The molecule has 2 aromatic carbocycles. The third-order valence-corrected chi connectivity index (χ3v) is 8.20. The van der Waals surface area contributed by atoms with E-state index < -0.39 is 11.6 Å². The molecule has 0 radical (unpaired) electrons. The number of carbonyl (C=O) groups is 1. The second-order valence-corrected chi connectivity index (χ2v) is 11.1. The minimum atomic E-state index is -0.532. The summed E-state index contributed by atoms with van der Waals surface area (Å²) < 4.78 is 29.4. The first-order valence-corrected chi connectivity index (χ1v) is 13.4. The zero-order valence-corrected chi connectivity index (χ0v) is 21.4. The molecule has 1 fully saturated rings. The summed E-state index contributed by atoms with van der Waals surface area (Å²) in [5.41, 5.74) is 5.06. The molecule has 4 aromatic rings. The number of likely N-dealkylation sites (tertiary alicyclic amines) is 1. The van der Waals surface area contributed by atoms with Gasteiger partial charge in [-0.05, 0) is 50.6 Å². The van der Waals surface area contributed by atoms with E-state index in [1.54, 1.807) is 11.3 Å². The van der Waals surface area contributed by atoms with Gasteiger partial charge in [-0.3, -0.25) is 10.00 Å². The Balaban J connectivity index is 1.13. The summed E-state index contributed by atoms with van der Waals surface area (Å²) in [7, 11) is 0. The summed E-state index contributed by atoms with van der Waals surface area (Å²) in [6, 6.07) is 9.93. The van der Waals surface area contributed by atoms with Gasteiger partial charge in [0.1, 0.15) is 11.6 Å². The number of rotatable bonds is 4. The second kappa shape index (κ2) is 9.83. The maximum absolute atomic E-state index is 14.1. The van der Waals surface area contributed by atoms with Crippen molar-refractivity contribution in [2.24, 2.45) is 0 Å². The van der Waals surface area contributed by atoms with Crippen molar-refractivity contribution in [2.75, 3.05) is 19.6 Å². The third-order valence-electron chi connectivity index (χ3n) is 7.27. The molecule has 4 heterocycles. The van der Waals surface area contributed by atoms with Gasteiger partial charge in [-0.25, -0.2) is 18.6 Å². The molecular weight excluding hydrogens is 494 g/mol. The minimum absolute atomic E-state index is 0.0710. The zero-order valence-electron chi connectivity index (χ0n) is 20.6. The summed E-state index contributed by atoms with van der Waals surface area (Å²) in [5.74, 6) is -1.06. The van der Waals surface area contributed by atoms with Crippen LogP contribution in [0.2, 0.25) is 0 Å². The fraction of sp³-hybridized carbons (Fsp3) is 0.370. The van der Waals surface area contributed by atoms with Crippen molar-refractivity contribution >= 4 is 27.6 Å². The number of urea groups is 1. The van der Waals surface area contributed by atoms with Crippen molar-refractivity contribution in [2.45, 2.75) is 45.3 Å². The van der Waals surface area contributed by atoms with Crippen molar-refractivity contribution in [3.63, 3.8) is 0 Å². The van der Waals surface area contributed by atoms with Gasteiger partial charge in [0.2, 0.25) is 0 Å². The van der Waals surface area contributed by atoms with Gasteiger partial charge in [0.05, 0.1) is 27.5 Å². The minimum Gasteiger partial charge on any atom is -0.334 e. The molecular formula is C27H28F2N6OS. The number of fused-ring (bicyclic) bond motifs is 2. The van der Waals surface area contributed by atoms with Gasteiger partial charge in [0, 0.05) is 54.5 Å². The highest BCUT2D eigenvalue weighted by Gasteiger charge is 2.29. The topological polar surface area (TPSA) is 77.1 Å². The monoisotopic (exact) mass is 522 g/mol. The molecule has 10 heteroatoms. The highest BCUT2D eigenvalue weighted by Crippen LogP contribution is 2.32. The molecule has 0 bridgehead atoms. The van der Waals surface area contributed by atoms with Gasteiger partial charge >= 0.3 is 6.03 Å². The highest BCUT2D eigenvalue weighted by atomic mass is 32.1. The van der Waals surface area contributed by atoms with E-state index in [-0.39, 0.29) is 24.2 Å². The Morgan fingerprint density at radius 1 is 1.22 bits per heavy atom. The van der Waals surface area contributed by atoms with Gasteiger partial charge < -0.3 is 10.2 Å². The lowest BCUT2D eigenvalue weighted by Crippen LogP contribution is -2.52. The van der Waals surface area contributed by atoms with Crippen LogP contribution in [0, 0.1) is 18.6 Å². The van der Waals surface area contributed by atoms with Crippen LogP contribution in [0.5, 0.6) is 0 Å². The van der Waals surface area contributed by atoms with Crippen molar-refractivity contribution in [3.8, 4) is 11.3 Å². The maximum Gasteiger partial charge on any atom is 0.317 e. The second-order valence-electron chi connectivity index (χ2n) is 9.84. The first kappa shape index (κ1) is 24.0. The fourth-order valence-corrected chi connectivity index (χ4v) is 6.25. The first-order valence-electron chi connectivity index (χ1n) is 12.6. The standard InChI is InChI=1S/C27H28F2N6OS/c1-16-30-24-8-7-17(12-25(24)37-16)26-20-15-35(11-9-23(20)32-33-26)27(36)31-18-4-3-10-34(13-18)14-19-21(28)5-2-6-22(19)29/h2,5-8,12,18H,3-4,9-11,13-15H2,1H3,(H,31,36)(H,32,33)/t18-/m1/s1. The average Bonchev–Trinajstić information content (AvgIpc) is 3.48. The van der Waals surface area contributed by atoms with Crippen LogP contribution in [0.4, 0.5) is 13.6 Å². The Kier molecular flexibility index (Phi) is 6.37. The highest BCUT2D eigenvalue weighted by molar-refractivity contribution is 7.18. The number of nitrogens with one attached hydrogen (secondary N) is 2. The predicted octanol–water partition coefficient (Wildman–Crippen LogP) is 5.01. The molecule has 0 spiro atoms. The lowest BCUT2D eigenvalue weighted by Gasteiger charge is -2.35. The predicted molar refractivity (Wildman–Crippen MR) is 139 cm³/mol. The van der Waals surface area contributed by atoms with Crippen molar-refractivity contribution in [1.82, 2.24) is 30.3 Å². The maximum atomic E-state index is 14.1. The first-order chi connectivity index (χ1) is 17.9. The molecule has 7 nitrogen and oxygen atoms in total. The van der Waals surface area contributed by atoms with Gasteiger partial charge in [0.15, 0.2) is 0 Å². The van der Waals surface area contributed by atoms with Crippen LogP contribution in [-0.2, 0) is 19.5 Å². The van der Waals surface area contributed by atoms with Crippen LogP contribution < -0.4 is 5.32 Å². The number of piperidine rings is 1. The van der Waals surface area contributed by atoms with E-state index in [2.05, 4.69) is 26.6 Å². The summed E-state index contributed by atoms with van der Waals surface area (Å²) in [6.07, 6.45) is 2.41. The number of aryl methyl sites for hydroxylation is 1. The van der Waals surface area contributed by atoms with Gasteiger partial charge in [-0.2, -0.15) is 5.10 Å². The van der Waals surface area contributed by atoms with Crippen LogP contribution in [0.25, 0.3) is 21.5 Å². The molecule has 192 valence electrons. The van der Waals surface area contributed by atoms with E-state index in [1.165, 1.54) is 18.2 Å². The molecule has 0 saturated carbocycles. The number of H-pyrrole nitrogens is 1. The molecule has 2 aromatic heterocycles. The van der Waals surface area contributed by atoms with Gasteiger partial charge in [0.25, 0.3) is 0 Å². The number of nitrogens with zero attached hydrogens (tertiary/aromatic N) is 4. The van der Waals surface area contributed by atoms with Crippen LogP contribution in [0.3, 0.4) is 0 Å². The smallest absolute Gasteiger partial charge is 0.317 e. The van der Waals surface area contributed by atoms with Crippen molar-refractivity contribution in [1.29, 1.82) is 0 Å². The van der Waals surface area contributed by atoms with E-state index in [0.717, 1.165) is 57.1 Å². The number of aromatic nitrogens is 3. The van der Waals surface area contributed by atoms with Crippen LogP contribution in [0.1, 0.15) is 34.7 Å². The number of hydrogen-bond donors (Lipinski definition) is 2. The van der Waals surface area contributed by atoms with Gasteiger partial charge in [-0.15, -0.1) is 11.3 Å². The summed E-state index contributed by atoms with van der Waals surface area (Å²) >= 11 is 1.66. The summed E-state index contributed by atoms with van der Waals surface area (Å²) in [5, 5.41) is 11.9. The van der Waals surface area contributed by atoms with Crippen LogP contribution in [-0.4, -0.2) is 56.7 Å². The Hall–Kier alpha value is -3.37. The number of aromatic amines is 1. The summed E-state index contributed by atoms with van der Waals surface area (Å²) in [4.78, 5) is 21.6. The Labute approximate surface area is 217 Å². The normalized spacial score (nSPS) is 18.2. The van der Waals surface area contributed by atoms with Crippen molar-refractivity contribution in [3.05, 3.63) is 69.9 Å². The number of thiazole rings is 1. The van der Waals surface area contributed by atoms with Crippen LogP contribution in [0.15, 0.2) is 36.4 Å². The zero-order chi connectivity index (χ0) is 25.5. The Morgan fingerprint density at radius 2 is 2.05 bits per heavy atom. The van der Waals surface area contributed by atoms with E-state index in [1.807, 2.05) is 28.9 Å². The average molecular weight is 523 g/mol. The van der Waals surface area contributed by atoms with E-state index >= 15 is 0 Å². The number of benzene rings is 2. The lowest BCUT2D eigenvalue weighted by molar-refractivity contribution is 0.158. The molecule has 2 aliphatic rings. The number of hydrogen-bond acceptors (Lipinski definition) is 5. The number of carbonyl (C=O) groups excluding carboxylic acids is 1. The van der Waals surface area contributed by atoms with E-state index in [4.69, 9.17) is 0 Å². The van der Waals surface area contributed by atoms with Crippen molar-refractivity contribution < 1.29 is 13.6 Å². The molecule has 0 unspecified atom stereocenters. The molecule has 1 atom stereocenters. The largest absolute Gasteiger partial charge is 0.334 e. The number of amides is 2. The fourth-order valence-electron chi connectivity index (χ4n) is 5.38. The SMILES string of the molecule is Cc1nc2ccc(-c3n[nH]c4c3CN(C(=O)N[C@@H]3CCCN(Cc5c(F)cccc5F)C3)CC4)cc2s1. The molecule has 6 rings (SSSR count). The third kappa shape index (κ3) is 4.83. The Bertz CT molecular complexity index is 1450. The van der Waals surface area contributed by atoms with Gasteiger partial charge in [-0.1, -0.05) is 12.1 Å². The summed E-state index contributed by atoms with van der Waals surface area (Å²) in [6.45, 7) is 4.58. The quantitative estimate of drug-likeness (QED) is 0.395. The van der Waals surface area contributed by atoms with E-state index in [9.17, 15) is 13.6 Å². The molecule has 0 aliphatic carbocycles. The molecule has 1 saturated heterocycles.